The van der Waals surface area contributed by atoms with Crippen LogP contribution in [0.15, 0.2) is 27.9 Å². The SMILES string of the molecule is COc1cc(NS(=O)(=O)c2c(C)nc3sc(C)c(C)n3c2=O)cc(OC)c1. The molecule has 0 unspecified atom stereocenters. The summed E-state index contributed by atoms with van der Waals surface area (Å²) in [6, 6.07) is 4.61. The Morgan fingerprint density at radius 1 is 1.07 bits per heavy atom. The molecular formula is C17H19N3O5S2. The molecule has 0 fully saturated rings. The molecule has 3 rings (SSSR count). The molecule has 10 heteroatoms. The van der Waals surface area contributed by atoms with Crippen molar-refractivity contribution in [3.8, 4) is 11.5 Å². The van der Waals surface area contributed by atoms with Crippen molar-refractivity contribution in [1.29, 1.82) is 0 Å². The predicted octanol–water partition coefficient (Wildman–Crippen LogP) is 2.50. The Labute approximate surface area is 160 Å². The molecule has 0 spiro atoms. The van der Waals surface area contributed by atoms with Gasteiger partial charge in [0.25, 0.3) is 15.6 Å². The highest BCUT2D eigenvalue weighted by Gasteiger charge is 2.26. The van der Waals surface area contributed by atoms with Gasteiger partial charge in [-0.3, -0.25) is 13.9 Å². The standard InChI is InChI=1S/C17H19N3O5S2/c1-9-15(16(21)20-10(2)11(3)26-17(20)18-9)27(22,23)19-12-6-13(24-4)8-14(7-12)25-5/h6-8,19H,1-5H3. The van der Waals surface area contributed by atoms with Crippen molar-refractivity contribution in [2.45, 2.75) is 25.7 Å². The Bertz CT molecular complexity index is 1170. The molecule has 0 aliphatic heterocycles. The first kappa shape index (κ1) is 19.2. The van der Waals surface area contributed by atoms with E-state index < -0.39 is 15.6 Å². The third-order valence-electron chi connectivity index (χ3n) is 4.14. The van der Waals surface area contributed by atoms with Crippen molar-refractivity contribution in [3.05, 3.63) is 44.8 Å². The van der Waals surface area contributed by atoms with Gasteiger partial charge in [0.1, 0.15) is 11.5 Å². The Balaban J connectivity index is 2.16. The number of nitrogens with one attached hydrogen (secondary N) is 1. The highest BCUT2D eigenvalue weighted by atomic mass is 32.2. The second kappa shape index (κ2) is 6.86. The van der Waals surface area contributed by atoms with Gasteiger partial charge in [-0.05, 0) is 20.8 Å². The number of sulfonamides is 1. The number of rotatable bonds is 5. The summed E-state index contributed by atoms with van der Waals surface area (Å²) < 4.78 is 40.0. The Kier molecular flexibility index (Phi) is 4.87. The van der Waals surface area contributed by atoms with E-state index in [0.29, 0.717) is 22.2 Å². The van der Waals surface area contributed by atoms with E-state index in [9.17, 15) is 13.2 Å². The molecule has 2 aromatic heterocycles. The minimum absolute atomic E-state index is 0.142. The molecule has 1 N–H and O–H groups in total. The average Bonchev–Trinajstić information content (AvgIpc) is 2.87. The quantitative estimate of drug-likeness (QED) is 0.695. The molecule has 0 amide bonds. The molecule has 0 radical (unpaired) electrons. The summed E-state index contributed by atoms with van der Waals surface area (Å²) in [5, 5.41) is 0. The maximum absolute atomic E-state index is 13.0. The highest BCUT2D eigenvalue weighted by molar-refractivity contribution is 7.92. The van der Waals surface area contributed by atoms with Crippen molar-refractivity contribution >= 4 is 32.0 Å². The minimum Gasteiger partial charge on any atom is -0.497 e. The van der Waals surface area contributed by atoms with E-state index in [1.807, 2.05) is 6.92 Å². The van der Waals surface area contributed by atoms with Gasteiger partial charge in [0.2, 0.25) is 0 Å². The molecule has 0 saturated carbocycles. The summed E-state index contributed by atoms with van der Waals surface area (Å²) >= 11 is 1.34. The minimum atomic E-state index is -4.18. The van der Waals surface area contributed by atoms with Crippen LogP contribution in [-0.4, -0.2) is 32.0 Å². The number of fused-ring (bicyclic) bond motifs is 1. The second-order valence-electron chi connectivity index (χ2n) is 5.90. The lowest BCUT2D eigenvalue weighted by Crippen LogP contribution is -2.28. The summed E-state index contributed by atoms with van der Waals surface area (Å²) in [5.41, 5.74) is 0.408. The molecule has 3 aromatic rings. The first-order valence-corrected chi connectivity index (χ1v) is 10.2. The molecule has 144 valence electrons. The normalized spacial score (nSPS) is 11.6. The molecule has 0 bridgehead atoms. The highest BCUT2D eigenvalue weighted by Crippen LogP contribution is 2.28. The fourth-order valence-electron chi connectivity index (χ4n) is 2.70. The molecule has 0 aliphatic carbocycles. The van der Waals surface area contributed by atoms with E-state index in [0.717, 1.165) is 4.88 Å². The van der Waals surface area contributed by atoms with E-state index in [1.165, 1.54) is 49.0 Å². The Morgan fingerprint density at radius 3 is 2.22 bits per heavy atom. The third kappa shape index (κ3) is 3.37. The first-order valence-electron chi connectivity index (χ1n) is 7.93. The van der Waals surface area contributed by atoms with Crippen LogP contribution in [0.5, 0.6) is 11.5 Å². The number of benzene rings is 1. The van der Waals surface area contributed by atoms with Gasteiger partial charge < -0.3 is 9.47 Å². The molecule has 0 atom stereocenters. The number of hydrogen-bond acceptors (Lipinski definition) is 7. The molecule has 1 aromatic carbocycles. The summed E-state index contributed by atoms with van der Waals surface area (Å²) in [6.45, 7) is 5.12. The summed E-state index contributed by atoms with van der Waals surface area (Å²) in [6.07, 6.45) is 0. The number of ether oxygens (including phenoxy) is 2. The average molecular weight is 409 g/mol. The summed E-state index contributed by atoms with van der Waals surface area (Å²) in [5.74, 6) is 0.830. The van der Waals surface area contributed by atoms with Crippen LogP contribution >= 0.6 is 11.3 Å². The van der Waals surface area contributed by atoms with Crippen LogP contribution < -0.4 is 19.8 Å². The van der Waals surface area contributed by atoms with Gasteiger partial charge in [-0.25, -0.2) is 13.4 Å². The van der Waals surface area contributed by atoms with Crippen LogP contribution in [0.3, 0.4) is 0 Å². The number of anilines is 1. The zero-order valence-electron chi connectivity index (χ0n) is 15.5. The van der Waals surface area contributed by atoms with Crippen LogP contribution in [0.2, 0.25) is 0 Å². The number of nitrogens with zero attached hydrogens (tertiary/aromatic N) is 2. The maximum Gasteiger partial charge on any atom is 0.279 e. The van der Waals surface area contributed by atoms with Crippen LogP contribution in [0.25, 0.3) is 4.96 Å². The number of aryl methyl sites for hydroxylation is 3. The Morgan fingerprint density at radius 2 is 1.67 bits per heavy atom. The van der Waals surface area contributed by atoms with Crippen molar-refractivity contribution in [1.82, 2.24) is 9.38 Å². The van der Waals surface area contributed by atoms with Crippen LogP contribution in [0, 0.1) is 20.8 Å². The van der Waals surface area contributed by atoms with E-state index in [-0.39, 0.29) is 16.3 Å². The van der Waals surface area contributed by atoms with Gasteiger partial charge in [-0.15, -0.1) is 11.3 Å². The largest absolute Gasteiger partial charge is 0.497 e. The van der Waals surface area contributed by atoms with Gasteiger partial charge in [0.05, 0.1) is 25.6 Å². The van der Waals surface area contributed by atoms with E-state index >= 15 is 0 Å². The van der Waals surface area contributed by atoms with Crippen LogP contribution in [0.4, 0.5) is 5.69 Å². The number of methoxy groups -OCH3 is 2. The van der Waals surface area contributed by atoms with Gasteiger partial charge in [0.15, 0.2) is 9.86 Å². The molecule has 0 saturated heterocycles. The first-order chi connectivity index (χ1) is 12.7. The molecule has 0 aliphatic rings. The van der Waals surface area contributed by atoms with Crippen molar-refractivity contribution in [2.24, 2.45) is 0 Å². The lowest BCUT2D eigenvalue weighted by molar-refractivity contribution is 0.395. The monoisotopic (exact) mass is 409 g/mol. The van der Waals surface area contributed by atoms with Crippen LogP contribution in [-0.2, 0) is 10.0 Å². The zero-order chi connectivity index (χ0) is 19.9. The van der Waals surface area contributed by atoms with Crippen molar-refractivity contribution < 1.29 is 17.9 Å². The van der Waals surface area contributed by atoms with Crippen molar-refractivity contribution in [2.75, 3.05) is 18.9 Å². The lowest BCUT2D eigenvalue weighted by Gasteiger charge is -2.12. The van der Waals surface area contributed by atoms with Gasteiger partial charge >= 0.3 is 0 Å². The van der Waals surface area contributed by atoms with E-state index in [1.54, 1.807) is 13.0 Å². The smallest absolute Gasteiger partial charge is 0.279 e. The summed E-state index contributed by atoms with van der Waals surface area (Å²) in [7, 11) is -1.25. The van der Waals surface area contributed by atoms with Gasteiger partial charge in [-0.2, -0.15) is 0 Å². The fourth-order valence-corrected chi connectivity index (χ4v) is 4.99. The van der Waals surface area contributed by atoms with Crippen molar-refractivity contribution in [3.63, 3.8) is 0 Å². The third-order valence-corrected chi connectivity index (χ3v) is 6.71. The predicted molar refractivity (Wildman–Crippen MR) is 104 cm³/mol. The van der Waals surface area contributed by atoms with E-state index in [4.69, 9.17) is 9.47 Å². The topological polar surface area (TPSA) is 99.0 Å². The molecule has 2 heterocycles. The molecule has 8 nitrogen and oxygen atoms in total. The summed E-state index contributed by atoms with van der Waals surface area (Å²) in [4.78, 5) is 18.2. The number of thiazole rings is 1. The van der Waals surface area contributed by atoms with Gasteiger partial charge in [0, 0.05) is 28.8 Å². The molecular weight excluding hydrogens is 390 g/mol. The second-order valence-corrected chi connectivity index (χ2v) is 8.70. The van der Waals surface area contributed by atoms with Crippen LogP contribution in [0.1, 0.15) is 16.3 Å². The zero-order valence-corrected chi connectivity index (χ0v) is 17.1. The Hall–Kier alpha value is -2.59. The molecule has 27 heavy (non-hydrogen) atoms. The lowest BCUT2D eigenvalue weighted by atomic mass is 10.3. The number of hydrogen-bond donors (Lipinski definition) is 1. The van der Waals surface area contributed by atoms with E-state index in [2.05, 4.69) is 9.71 Å². The maximum atomic E-state index is 13.0. The number of aromatic nitrogens is 2. The van der Waals surface area contributed by atoms with Gasteiger partial charge in [-0.1, -0.05) is 0 Å². The fraction of sp³-hybridized carbons (Fsp3) is 0.294.